The number of ether oxygens (including phenoxy) is 2. The van der Waals surface area contributed by atoms with E-state index in [0.717, 1.165) is 5.69 Å². The van der Waals surface area contributed by atoms with Crippen LogP contribution in [0, 0.1) is 0 Å². The lowest BCUT2D eigenvalue weighted by Gasteiger charge is -2.10. The van der Waals surface area contributed by atoms with E-state index in [1.165, 1.54) is 4.68 Å². The number of para-hydroxylation sites is 3. The maximum atomic E-state index is 12.4. The summed E-state index contributed by atoms with van der Waals surface area (Å²) < 4.78 is 12.0. The molecule has 0 fully saturated rings. The predicted molar refractivity (Wildman–Crippen MR) is 100 cm³/mol. The van der Waals surface area contributed by atoms with Gasteiger partial charge in [-0.15, -0.1) is 5.10 Å². The highest BCUT2D eigenvalue weighted by Crippen LogP contribution is 2.32. The number of hydrogen-bond donors (Lipinski definition) is 2. The molecule has 7 nitrogen and oxygen atoms in total. The van der Waals surface area contributed by atoms with Crippen LogP contribution >= 0.6 is 0 Å². The number of nitrogens with one attached hydrogen (secondary N) is 1. The quantitative estimate of drug-likeness (QED) is 0.661. The van der Waals surface area contributed by atoms with Crippen LogP contribution in [0.5, 0.6) is 5.75 Å². The number of nitrogens with two attached hydrogens (primary N) is 1. The van der Waals surface area contributed by atoms with Crippen molar-refractivity contribution in [3.63, 3.8) is 0 Å². The molecule has 1 aromatic heterocycles. The second-order valence-corrected chi connectivity index (χ2v) is 5.40. The van der Waals surface area contributed by atoms with Gasteiger partial charge in [0, 0.05) is 0 Å². The highest BCUT2D eigenvalue weighted by atomic mass is 16.5. The van der Waals surface area contributed by atoms with Crippen LogP contribution in [0.2, 0.25) is 0 Å². The van der Waals surface area contributed by atoms with Gasteiger partial charge in [-0.1, -0.05) is 30.3 Å². The molecule has 0 spiro atoms. The number of methoxy groups -OCH3 is 1. The summed E-state index contributed by atoms with van der Waals surface area (Å²) in [5.41, 5.74) is 7.81. The Balaban J connectivity index is 2.09. The molecule has 0 unspecified atom stereocenters. The van der Waals surface area contributed by atoms with Crippen LogP contribution < -0.4 is 15.8 Å². The minimum Gasteiger partial charge on any atom is -0.495 e. The average molecular weight is 352 g/mol. The highest BCUT2D eigenvalue weighted by Gasteiger charge is 2.25. The van der Waals surface area contributed by atoms with Gasteiger partial charge in [-0.2, -0.15) is 0 Å². The van der Waals surface area contributed by atoms with Gasteiger partial charge in [-0.05, 0) is 31.2 Å². The second kappa shape index (κ2) is 7.60. The smallest absolute Gasteiger partial charge is 0.345 e. The summed E-state index contributed by atoms with van der Waals surface area (Å²) in [6.45, 7) is 1.98. The molecule has 0 aliphatic carbocycles. The molecule has 0 bridgehead atoms. The van der Waals surface area contributed by atoms with E-state index in [4.69, 9.17) is 15.2 Å². The molecule has 0 aliphatic rings. The fourth-order valence-corrected chi connectivity index (χ4v) is 2.56. The molecule has 3 N–H and O–H groups in total. The minimum absolute atomic E-state index is 0.182. The normalized spacial score (nSPS) is 10.4. The standard InChI is InChI=1S/C19H20N4O3/c1-3-26-19(24)16-17(20)23(13-9-5-4-6-10-13)22-18(16)21-14-11-7-8-12-15(14)25-2/h4-12H,3,20H2,1-2H3,(H,21,22). The number of rotatable bonds is 6. The molecule has 2 aromatic carbocycles. The molecular formula is C19H20N4O3. The summed E-state index contributed by atoms with van der Waals surface area (Å²) in [4.78, 5) is 12.4. The topological polar surface area (TPSA) is 91.4 Å². The number of carbonyl (C=O) groups excluding carboxylic acids is 1. The Morgan fingerprint density at radius 2 is 1.85 bits per heavy atom. The molecule has 0 amide bonds. The van der Waals surface area contributed by atoms with Crippen LogP contribution in [0.3, 0.4) is 0 Å². The van der Waals surface area contributed by atoms with Gasteiger partial charge in [0.15, 0.2) is 5.82 Å². The number of anilines is 3. The van der Waals surface area contributed by atoms with Gasteiger partial charge < -0.3 is 20.5 Å². The third-order valence-electron chi connectivity index (χ3n) is 3.76. The summed E-state index contributed by atoms with van der Waals surface area (Å²) in [7, 11) is 1.57. The third-order valence-corrected chi connectivity index (χ3v) is 3.76. The maximum absolute atomic E-state index is 12.4. The van der Waals surface area contributed by atoms with Crippen molar-refractivity contribution in [2.75, 3.05) is 24.8 Å². The van der Waals surface area contributed by atoms with Gasteiger partial charge in [0.1, 0.15) is 17.1 Å². The molecule has 26 heavy (non-hydrogen) atoms. The maximum Gasteiger partial charge on any atom is 0.345 e. The summed E-state index contributed by atoms with van der Waals surface area (Å²) in [5, 5.41) is 7.60. The summed E-state index contributed by atoms with van der Waals surface area (Å²) in [5.74, 6) is 0.584. The monoisotopic (exact) mass is 352 g/mol. The average Bonchev–Trinajstić information content (AvgIpc) is 2.99. The number of benzene rings is 2. The van der Waals surface area contributed by atoms with Gasteiger partial charge in [-0.3, -0.25) is 0 Å². The van der Waals surface area contributed by atoms with Gasteiger partial charge in [0.2, 0.25) is 0 Å². The SMILES string of the molecule is CCOC(=O)c1c(Nc2ccccc2OC)nn(-c2ccccc2)c1N. The Bertz CT molecular complexity index is 906. The van der Waals surface area contributed by atoms with Crippen LogP contribution in [0.1, 0.15) is 17.3 Å². The van der Waals surface area contributed by atoms with E-state index >= 15 is 0 Å². The number of nitrogens with zero attached hydrogens (tertiary/aromatic N) is 2. The van der Waals surface area contributed by atoms with Crippen LogP contribution in [0.25, 0.3) is 5.69 Å². The molecule has 1 heterocycles. The van der Waals surface area contributed by atoms with Gasteiger partial charge >= 0.3 is 5.97 Å². The lowest BCUT2D eigenvalue weighted by atomic mass is 10.2. The Morgan fingerprint density at radius 1 is 1.15 bits per heavy atom. The molecule has 3 rings (SSSR count). The molecule has 0 saturated heterocycles. The first-order chi connectivity index (χ1) is 12.7. The molecule has 0 aliphatic heterocycles. The largest absolute Gasteiger partial charge is 0.495 e. The molecule has 3 aromatic rings. The predicted octanol–water partition coefficient (Wildman–Crippen LogP) is 3.38. The van der Waals surface area contributed by atoms with Crippen molar-refractivity contribution >= 4 is 23.3 Å². The summed E-state index contributed by atoms with van der Waals surface area (Å²) in [6, 6.07) is 16.7. The molecule has 7 heteroatoms. The zero-order valence-corrected chi connectivity index (χ0v) is 14.6. The van der Waals surface area contributed by atoms with Crippen molar-refractivity contribution in [1.82, 2.24) is 9.78 Å². The zero-order valence-electron chi connectivity index (χ0n) is 14.6. The molecule has 0 atom stereocenters. The van der Waals surface area contributed by atoms with E-state index < -0.39 is 5.97 Å². The van der Waals surface area contributed by atoms with Crippen LogP contribution in [0.15, 0.2) is 54.6 Å². The van der Waals surface area contributed by atoms with Crippen molar-refractivity contribution in [2.24, 2.45) is 0 Å². The summed E-state index contributed by atoms with van der Waals surface area (Å²) in [6.07, 6.45) is 0. The number of aromatic nitrogens is 2. The van der Waals surface area contributed by atoms with E-state index in [2.05, 4.69) is 10.4 Å². The van der Waals surface area contributed by atoms with E-state index in [-0.39, 0.29) is 18.0 Å². The van der Waals surface area contributed by atoms with Crippen molar-refractivity contribution in [1.29, 1.82) is 0 Å². The number of hydrogen-bond acceptors (Lipinski definition) is 6. The van der Waals surface area contributed by atoms with E-state index in [1.807, 2.05) is 54.6 Å². The lowest BCUT2D eigenvalue weighted by Crippen LogP contribution is -2.10. The van der Waals surface area contributed by atoms with Gasteiger partial charge in [0.25, 0.3) is 0 Å². The van der Waals surface area contributed by atoms with Crippen molar-refractivity contribution in [3.05, 3.63) is 60.2 Å². The molecule has 0 radical (unpaired) electrons. The van der Waals surface area contributed by atoms with E-state index in [1.54, 1.807) is 14.0 Å². The van der Waals surface area contributed by atoms with Crippen molar-refractivity contribution in [2.45, 2.75) is 6.92 Å². The van der Waals surface area contributed by atoms with E-state index in [9.17, 15) is 4.79 Å². The summed E-state index contributed by atoms with van der Waals surface area (Å²) >= 11 is 0. The molecule has 0 saturated carbocycles. The lowest BCUT2D eigenvalue weighted by molar-refractivity contribution is 0.0529. The first-order valence-corrected chi connectivity index (χ1v) is 8.16. The highest BCUT2D eigenvalue weighted by molar-refractivity contribution is 6.00. The van der Waals surface area contributed by atoms with Gasteiger partial charge in [-0.25, -0.2) is 9.48 Å². The molecule has 134 valence electrons. The van der Waals surface area contributed by atoms with Crippen LogP contribution in [0.4, 0.5) is 17.3 Å². The van der Waals surface area contributed by atoms with Crippen molar-refractivity contribution in [3.8, 4) is 11.4 Å². The van der Waals surface area contributed by atoms with Crippen LogP contribution in [-0.4, -0.2) is 29.5 Å². The Labute approximate surface area is 151 Å². The Hall–Kier alpha value is -3.48. The van der Waals surface area contributed by atoms with Gasteiger partial charge in [0.05, 0.1) is 25.1 Å². The number of nitrogen functional groups attached to an aromatic ring is 1. The van der Waals surface area contributed by atoms with E-state index in [0.29, 0.717) is 17.3 Å². The minimum atomic E-state index is -0.537. The fourth-order valence-electron chi connectivity index (χ4n) is 2.56. The fraction of sp³-hybridized carbons (Fsp3) is 0.158. The molecular weight excluding hydrogens is 332 g/mol. The Morgan fingerprint density at radius 3 is 2.54 bits per heavy atom. The Kier molecular flexibility index (Phi) is 5.07. The van der Waals surface area contributed by atoms with Crippen LogP contribution in [-0.2, 0) is 4.74 Å². The second-order valence-electron chi connectivity index (χ2n) is 5.40. The third kappa shape index (κ3) is 3.32. The van der Waals surface area contributed by atoms with Crippen molar-refractivity contribution < 1.29 is 14.3 Å². The number of carbonyl (C=O) groups is 1. The first kappa shape index (κ1) is 17.3. The first-order valence-electron chi connectivity index (χ1n) is 8.16. The number of esters is 1. The zero-order chi connectivity index (χ0) is 18.5.